The number of non-ortho nitro benzene ring substituents is 1. The van der Waals surface area contributed by atoms with Crippen LogP contribution in [0.3, 0.4) is 0 Å². The third kappa shape index (κ3) is 3.31. The van der Waals surface area contributed by atoms with Crippen molar-refractivity contribution in [3.05, 3.63) is 34.4 Å². The molecular weight excluding hydrogens is 335 g/mol. The molecule has 1 saturated carbocycles. The summed E-state index contributed by atoms with van der Waals surface area (Å²) in [5.74, 6) is -1.28. The van der Waals surface area contributed by atoms with Crippen LogP contribution in [0.4, 0.5) is 11.4 Å². The number of alkyl halides is 2. The van der Waals surface area contributed by atoms with Crippen molar-refractivity contribution in [2.45, 2.75) is 17.7 Å². The molecule has 0 radical (unpaired) electrons. The van der Waals surface area contributed by atoms with Crippen LogP contribution in [0.1, 0.15) is 13.3 Å². The molecule has 1 amide bonds. The van der Waals surface area contributed by atoms with E-state index in [0.29, 0.717) is 0 Å². The van der Waals surface area contributed by atoms with E-state index in [0.717, 1.165) is 0 Å². The molecule has 7 nitrogen and oxygen atoms in total. The fourth-order valence-electron chi connectivity index (χ4n) is 1.81. The van der Waals surface area contributed by atoms with Gasteiger partial charge in [0.2, 0.25) is 0 Å². The summed E-state index contributed by atoms with van der Waals surface area (Å²) in [4.78, 5) is 33.5. The molecule has 1 aliphatic carbocycles. The summed E-state index contributed by atoms with van der Waals surface area (Å²) in [6.07, 6.45) is 0.258. The minimum atomic E-state index is -1.17. The van der Waals surface area contributed by atoms with Crippen molar-refractivity contribution in [3.63, 3.8) is 0 Å². The van der Waals surface area contributed by atoms with Crippen molar-refractivity contribution in [1.82, 2.24) is 0 Å². The number of hydrogen-bond donors (Lipinski definition) is 1. The van der Waals surface area contributed by atoms with Crippen molar-refractivity contribution in [2.24, 2.45) is 5.41 Å². The molecule has 0 aliphatic heterocycles. The molecule has 1 atom stereocenters. The topological polar surface area (TPSA) is 98.5 Å². The van der Waals surface area contributed by atoms with Crippen molar-refractivity contribution < 1.29 is 19.2 Å². The second-order valence-corrected chi connectivity index (χ2v) is 6.63. The number of nitrogens with one attached hydrogen (secondary N) is 1. The van der Waals surface area contributed by atoms with E-state index in [-0.39, 0.29) is 17.8 Å². The molecule has 1 N–H and O–H groups in total. The van der Waals surface area contributed by atoms with Gasteiger partial charge in [-0.15, -0.1) is 23.2 Å². The number of ether oxygens (including phenoxy) is 1. The van der Waals surface area contributed by atoms with Gasteiger partial charge in [0.15, 0.2) is 6.61 Å². The van der Waals surface area contributed by atoms with Crippen molar-refractivity contribution in [3.8, 4) is 0 Å². The van der Waals surface area contributed by atoms with Gasteiger partial charge in [0, 0.05) is 24.2 Å². The molecule has 0 heterocycles. The summed E-state index contributed by atoms with van der Waals surface area (Å²) in [7, 11) is 0. The van der Waals surface area contributed by atoms with E-state index in [1.165, 1.54) is 24.3 Å². The zero-order valence-electron chi connectivity index (χ0n) is 11.5. The Hall–Kier alpha value is -1.86. The highest BCUT2D eigenvalue weighted by Crippen LogP contribution is 2.64. The Balaban J connectivity index is 1.88. The quantitative estimate of drug-likeness (QED) is 0.382. The van der Waals surface area contributed by atoms with Crippen LogP contribution in [0.5, 0.6) is 0 Å². The molecule has 9 heteroatoms. The molecule has 1 fully saturated rings. The molecule has 0 aromatic heterocycles. The number of hydrogen-bond acceptors (Lipinski definition) is 5. The van der Waals surface area contributed by atoms with E-state index in [2.05, 4.69) is 5.32 Å². The zero-order valence-corrected chi connectivity index (χ0v) is 13.0. The number of nitro groups is 1. The SMILES string of the molecule is CC1(C(=O)OCC(=O)Nc2cccc([N+](=O)[O-])c2)CC1(Cl)Cl. The third-order valence-electron chi connectivity index (χ3n) is 3.38. The number of anilines is 1. The maximum Gasteiger partial charge on any atom is 0.315 e. The predicted molar refractivity (Wildman–Crippen MR) is 79.8 cm³/mol. The summed E-state index contributed by atoms with van der Waals surface area (Å²) in [6.45, 7) is 1.02. The number of benzene rings is 1. The molecule has 0 bridgehead atoms. The first-order valence-electron chi connectivity index (χ1n) is 6.25. The summed E-state index contributed by atoms with van der Waals surface area (Å²) >= 11 is 11.7. The van der Waals surface area contributed by atoms with Gasteiger partial charge in [-0.05, 0) is 13.0 Å². The second kappa shape index (κ2) is 5.73. The number of nitro benzene ring substituents is 1. The van der Waals surface area contributed by atoms with Crippen LogP contribution < -0.4 is 5.32 Å². The van der Waals surface area contributed by atoms with Gasteiger partial charge in [-0.25, -0.2) is 0 Å². The van der Waals surface area contributed by atoms with Crippen LogP contribution in [0, 0.1) is 15.5 Å². The summed E-state index contributed by atoms with van der Waals surface area (Å²) in [5, 5.41) is 13.0. The van der Waals surface area contributed by atoms with Gasteiger partial charge >= 0.3 is 5.97 Å². The van der Waals surface area contributed by atoms with Gasteiger partial charge in [0.25, 0.3) is 11.6 Å². The molecule has 22 heavy (non-hydrogen) atoms. The Morgan fingerprint density at radius 1 is 1.45 bits per heavy atom. The van der Waals surface area contributed by atoms with Crippen molar-refractivity contribution in [1.29, 1.82) is 0 Å². The molecular formula is C13H12Cl2N2O5. The highest BCUT2D eigenvalue weighted by atomic mass is 35.5. The Labute approximate surface area is 135 Å². The minimum absolute atomic E-state index is 0.158. The average molecular weight is 347 g/mol. The van der Waals surface area contributed by atoms with Gasteiger partial charge in [0.05, 0.1) is 4.92 Å². The monoisotopic (exact) mass is 346 g/mol. The van der Waals surface area contributed by atoms with Crippen LogP contribution >= 0.6 is 23.2 Å². The minimum Gasteiger partial charge on any atom is -0.455 e. The van der Waals surface area contributed by atoms with E-state index in [1.54, 1.807) is 6.92 Å². The Kier molecular flexibility index (Phi) is 4.30. The third-order valence-corrected chi connectivity index (χ3v) is 4.48. The largest absolute Gasteiger partial charge is 0.455 e. The van der Waals surface area contributed by atoms with E-state index in [4.69, 9.17) is 27.9 Å². The average Bonchev–Trinajstić information content (AvgIpc) is 2.96. The van der Waals surface area contributed by atoms with E-state index >= 15 is 0 Å². The fraction of sp³-hybridized carbons (Fsp3) is 0.385. The fourth-order valence-corrected chi connectivity index (χ4v) is 2.49. The lowest BCUT2D eigenvalue weighted by Crippen LogP contribution is -2.26. The predicted octanol–water partition coefficient (Wildman–Crippen LogP) is 2.66. The maximum absolute atomic E-state index is 11.8. The van der Waals surface area contributed by atoms with Crippen LogP contribution in [0.2, 0.25) is 0 Å². The molecule has 1 aromatic carbocycles. The summed E-state index contributed by atoms with van der Waals surface area (Å²) < 4.78 is 3.70. The Bertz CT molecular complexity index is 649. The molecule has 0 saturated heterocycles. The number of nitrogens with zero attached hydrogens (tertiary/aromatic N) is 1. The summed E-state index contributed by atoms with van der Waals surface area (Å²) in [5.41, 5.74) is -0.937. The van der Waals surface area contributed by atoms with Crippen LogP contribution in [0.15, 0.2) is 24.3 Å². The van der Waals surface area contributed by atoms with E-state index in [9.17, 15) is 19.7 Å². The zero-order chi connectivity index (χ0) is 16.5. The van der Waals surface area contributed by atoms with E-state index in [1.807, 2.05) is 0 Å². The van der Waals surface area contributed by atoms with Crippen LogP contribution in [0.25, 0.3) is 0 Å². The molecule has 118 valence electrons. The van der Waals surface area contributed by atoms with Crippen molar-refractivity contribution in [2.75, 3.05) is 11.9 Å². The molecule has 0 spiro atoms. The van der Waals surface area contributed by atoms with Crippen LogP contribution in [-0.2, 0) is 14.3 Å². The lowest BCUT2D eigenvalue weighted by molar-refractivity contribution is -0.384. The van der Waals surface area contributed by atoms with Gasteiger partial charge in [-0.1, -0.05) is 6.07 Å². The smallest absolute Gasteiger partial charge is 0.315 e. The van der Waals surface area contributed by atoms with Gasteiger partial charge in [-0.2, -0.15) is 0 Å². The van der Waals surface area contributed by atoms with Gasteiger partial charge in [0.1, 0.15) is 9.75 Å². The Morgan fingerprint density at radius 3 is 2.64 bits per heavy atom. The first kappa shape index (κ1) is 16.5. The maximum atomic E-state index is 11.8. The van der Waals surface area contributed by atoms with E-state index < -0.39 is 33.2 Å². The number of carbonyl (C=O) groups is 2. The number of halogens is 2. The standard InChI is InChI=1S/C13H12Cl2N2O5/c1-12(7-13(12,14)15)11(19)22-6-10(18)16-8-3-2-4-9(5-8)17(20)21/h2-5H,6-7H2,1H3,(H,16,18). The number of carbonyl (C=O) groups excluding carboxylic acids is 2. The highest BCUT2D eigenvalue weighted by molar-refractivity contribution is 6.53. The normalized spacial score (nSPS) is 21.8. The lowest BCUT2D eigenvalue weighted by atomic mass is 10.1. The molecule has 1 unspecified atom stereocenters. The number of rotatable bonds is 5. The van der Waals surface area contributed by atoms with Gasteiger partial charge < -0.3 is 10.1 Å². The summed E-state index contributed by atoms with van der Waals surface area (Å²) in [6, 6.07) is 5.41. The van der Waals surface area contributed by atoms with Crippen molar-refractivity contribution >= 4 is 46.5 Å². The first-order chi connectivity index (χ1) is 10.2. The highest BCUT2D eigenvalue weighted by Gasteiger charge is 2.69. The lowest BCUT2D eigenvalue weighted by Gasteiger charge is -2.11. The second-order valence-electron chi connectivity index (χ2n) is 5.15. The molecule has 2 rings (SSSR count). The molecule has 1 aliphatic rings. The number of amides is 1. The number of esters is 1. The van der Waals surface area contributed by atoms with Crippen LogP contribution in [-0.4, -0.2) is 27.7 Å². The Morgan fingerprint density at radius 2 is 2.09 bits per heavy atom. The molecule has 1 aromatic rings. The first-order valence-corrected chi connectivity index (χ1v) is 7.01. The van der Waals surface area contributed by atoms with Gasteiger partial charge in [-0.3, -0.25) is 19.7 Å².